The van der Waals surface area contributed by atoms with Crippen molar-refractivity contribution >= 4 is 23.5 Å². The minimum atomic E-state index is 0.0485. The highest BCUT2D eigenvalue weighted by atomic mass is 35.5. The van der Waals surface area contributed by atoms with Gasteiger partial charge in [-0.15, -0.1) is 0 Å². The van der Waals surface area contributed by atoms with E-state index in [1.54, 1.807) is 31.5 Å². The molecule has 1 aromatic carbocycles. The Balaban J connectivity index is 3.02. The average Bonchev–Trinajstić information content (AvgIpc) is 2.18. The first-order chi connectivity index (χ1) is 6.65. The van der Waals surface area contributed by atoms with Crippen molar-refractivity contribution in [3.05, 3.63) is 34.9 Å². The molecule has 0 amide bonds. The van der Waals surface area contributed by atoms with Gasteiger partial charge >= 0.3 is 0 Å². The maximum Gasteiger partial charge on any atom is 0.134 e. The van der Waals surface area contributed by atoms with Gasteiger partial charge in [0.05, 0.1) is 5.02 Å². The normalized spacial score (nSPS) is 12.3. The number of phenols is 1. The van der Waals surface area contributed by atoms with Crippen LogP contribution in [0.1, 0.15) is 5.56 Å². The fourth-order valence-electron chi connectivity index (χ4n) is 0.938. The lowest BCUT2D eigenvalue weighted by molar-refractivity contribution is 0.475. The molecule has 14 heavy (non-hydrogen) atoms. The van der Waals surface area contributed by atoms with E-state index in [2.05, 4.69) is 4.99 Å². The molecule has 0 heterocycles. The molecule has 74 valence electrons. The van der Waals surface area contributed by atoms with E-state index in [0.29, 0.717) is 5.70 Å². The monoisotopic (exact) mass is 210 g/mol. The van der Waals surface area contributed by atoms with E-state index in [1.807, 2.05) is 0 Å². The summed E-state index contributed by atoms with van der Waals surface area (Å²) in [5.74, 6) is 0.0485. The smallest absolute Gasteiger partial charge is 0.134 e. The van der Waals surface area contributed by atoms with Gasteiger partial charge in [-0.1, -0.05) is 11.6 Å². The van der Waals surface area contributed by atoms with Crippen molar-refractivity contribution in [2.75, 3.05) is 7.05 Å². The van der Waals surface area contributed by atoms with Crippen LogP contribution in [0.2, 0.25) is 5.02 Å². The quantitative estimate of drug-likeness (QED) is 0.734. The van der Waals surface area contributed by atoms with Crippen molar-refractivity contribution in [2.24, 2.45) is 10.7 Å². The van der Waals surface area contributed by atoms with E-state index in [9.17, 15) is 5.11 Å². The molecule has 3 nitrogen and oxygen atoms in total. The number of nitrogens with zero attached hydrogens (tertiary/aromatic N) is 1. The van der Waals surface area contributed by atoms with E-state index < -0.39 is 0 Å². The third kappa shape index (κ3) is 2.50. The standard InChI is InChI=1S/C10H11ClN2O/c1-13-5-4-9(12)7-2-3-10(14)8(11)6-7/h2-6,14H,12H2,1H3. The third-order valence-corrected chi connectivity index (χ3v) is 1.99. The predicted octanol–water partition coefficient (Wildman–Crippen LogP) is 2.05. The SMILES string of the molecule is CN=CC=C(N)c1ccc(O)c(Cl)c1. The molecule has 0 atom stereocenters. The summed E-state index contributed by atoms with van der Waals surface area (Å²) < 4.78 is 0. The summed E-state index contributed by atoms with van der Waals surface area (Å²) in [6, 6.07) is 4.80. The van der Waals surface area contributed by atoms with Gasteiger partial charge in [-0.25, -0.2) is 0 Å². The second-order valence-corrected chi connectivity index (χ2v) is 3.10. The molecule has 1 rings (SSSR count). The number of aliphatic imine (C=N–C) groups is 1. The summed E-state index contributed by atoms with van der Waals surface area (Å²) in [7, 11) is 1.66. The first-order valence-electron chi connectivity index (χ1n) is 4.02. The van der Waals surface area contributed by atoms with Crippen molar-refractivity contribution in [1.29, 1.82) is 0 Å². The van der Waals surface area contributed by atoms with Crippen LogP contribution in [-0.2, 0) is 0 Å². The minimum Gasteiger partial charge on any atom is -0.506 e. The number of hydrogen-bond acceptors (Lipinski definition) is 3. The Labute approximate surface area is 87.5 Å². The van der Waals surface area contributed by atoms with Gasteiger partial charge in [0.2, 0.25) is 0 Å². The van der Waals surface area contributed by atoms with Crippen LogP contribution < -0.4 is 5.73 Å². The van der Waals surface area contributed by atoms with Crippen LogP contribution in [0.25, 0.3) is 5.70 Å². The summed E-state index contributed by atoms with van der Waals surface area (Å²) in [6.45, 7) is 0. The molecule has 0 aliphatic carbocycles. The molecule has 0 aromatic heterocycles. The molecule has 0 aliphatic rings. The number of aromatic hydroxyl groups is 1. The Kier molecular flexibility index (Phi) is 3.54. The number of benzene rings is 1. The van der Waals surface area contributed by atoms with Gasteiger partial charge in [0.25, 0.3) is 0 Å². The molecule has 3 N–H and O–H groups in total. The lowest BCUT2D eigenvalue weighted by atomic mass is 10.1. The average molecular weight is 211 g/mol. The van der Waals surface area contributed by atoms with Gasteiger partial charge < -0.3 is 10.8 Å². The van der Waals surface area contributed by atoms with Crippen LogP contribution in [-0.4, -0.2) is 18.4 Å². The summed E-state index contributed by atoms with van der Waals surface area (Å²) in [6.07, 6.45) is 3.26. The zero-order chi connectivity index (χ0) is 10.6. The van der Waals surface area contributed by atoms with Crippen molar-refractivity contribution < 1.29 is 5.11 Å². The van der Waals surface area contributed by atoms with Crippen molar-refractivity contribution in [3.8, 4) is 5.75 Å². The number of hydrogen-bond donors (Lipinski definition) is 2. The molecule has 1 aromatic rings. The topological polar surface area (TPSA) is 58.6 Å². The molecule has 0 bridgehead atoms. The van der Waals surface area contributed by atoms with Crippen LogP contribution >= 0.6 is 11.6 Å². The summed E-state index contributed by atoms with van der Waals surface area (Å²) in [5, 5.41) is 9.47. The molecule has 0 saturated carbocycles. The number of rotatable bonds is 2. The number of nitrogens with two attached hydrogens (primary N) is 1. The van der Waals surface area contributed by atoms with E-state index in [0.717, 1.165) is 5.56 Å². The molecule has 0 spiro atoms. The first-order valence-corrected chi connectivity index (χ1v) is 4.39. The maximum atomic E-state index is 9.18. The molecule has 0 aliphatic heterocycles. The highest BCUT2D eigenvalue weighted by Gasteiger charge is 2.01. The first kappa shape index (κ1) is 10.6. The highest BCUT2D eigenvalue weighted by Crippen LogP contribution is 2.25. The van der Waals surface area contributed by atoms with E-state index >= 15 is 0 Å². The van der Waals surface area contributed by atoms with Gasteiger partial charge in [-0.2, -0.15) is 0 Å². The van der Waals surface area contributed by atoms with Gasteiger partial charge in [0.15, 0.2) is 0 Å². The molecular formula is C10H11ClN2O. The Morgan fingerprint density at radius 3 is 2.86 bits per heavy atom. The van der Waals surface area contributed by atoms with Crippen LogP contribution in [0.15, 0.2) is 29.3 Å². The van der Waals surface area contributed by atoms with Crippen LogP contribution in [0.4, 0.5) is 0 Å². The Bertz CT molecular complexity index is 386. The van der Waals surface area contributed by atoms with E-state index in [-0.39, 0.29) is 10.8 Å². The second-order valence-electron chi connectivity index (χ2n) is 2.70. The minimum absolute atomic E-state index is 0.0485. The molecule has 0 radical (unpaired) electrons. The second kappa shape index (κ2) is 4.67. The van der Waals surface area contributed by atoms with Crippen molar-refractivity contribution in [1.82, 2.24) is 0 Å². The molecule has 0 saturated heterocycles. The maximum absolute atomic E-state index is 9.18. The highest BCUT2D eigenvalue weighted by molar-refractivity contribution is 6.32. The molecule has 0 unspecified atom stereocenters. The van der Waals surface area contributed by atoms with Gasteiger partial charge in [0, 0.05) is 19.0 Å². The summed E-state index contributed by atoms with van der Waals surface area (Å²) in [5.41, 5.74) is 7.04. The van der Waals surface area contributed by atoms with Crippen LogP contribution in [0, 0.1) is 0 Å². The fraction of sp³-hybridized carbons (Fsp3) is 0.100. The number of phenolic OH excluding ortho intramolecular Hbond substituents is 1. The lowest BCUT2D eigenvalue weighted by Crippen LogP contribution is -1.96. The molecule has 4 heteroatoms. The van der Waals surface area contributed by atoms with Crippen LogP contribution in [0.3, 0.4) is 0 Å². The van der Waals surface area contributed by atoms with E-state index in [1.165, 1.54) is 6.07 Å². The summed E-state index contributed by atoms with van der Waals surface area (Å²) in [4.78, 5) is 3.78. The zero-order valence-electron chi connectivity index (χ0n) is 7.74. The Morgan fingerprint density at radius 2 is 2.29 bits per heavy atom. The van der Waals surface area contributed by atoms with Crippen molar-refractivity contribution in [2.45, 2.75) is 0 Å². The van der Waals surface area contributed by atoms with Crippen molar-refractivity contribution in [3.63, 3.8) is 0 Å². The zero-order valence-corrected chi connectivity index (χ0v) is 8.49. The number of allylic oxidation sites excluding steroid dienone is 1. The molecule has 0 fully saturated rings. The lowest BCUT2D eigenvalue weighted by Gasteiger charge is -2.02. The van der Waals surface area contributed by atoms with Gasteiger partial charge in [-0.05, 0) is 29.8 Å². The van der Waals surface area contributed by atoms with Gasteiger partial charge in [0.1, 0.15) is 5.75 Å². The Morgan fingerprint density at radius 1 is 1.57 bits per heavy atom. The van der Waals surface area contributed by atoms with Crippen LogP contribution in [0.5, 0.6) is 5.75 Å². The van der Waals surface area contributed by atoms with E-state index in [4.69, 9.17) is 17.3 Å². The predicted molar refractivity (Wildman–Crippen MR) is 59.7 cm³/mol. The third-order valence-electron chi connectivity index (χ3n) is 1.68. The molecular weight excluding hydrogens is 200 g/mol. The van der Waals surface area contributed by atoms with Gasteiger partial charge in [-0.3, -0.25) is 4.99 Å². The summed E-state index contributed by atoms with van der Waals surface area (Å²) >= 11 is 5.73. The Hall–Kier alpha value is -1.48. The fourth-order valence-corrected chi connectivity index (χ4v) is 1.12. The largest absolute Gasteiger partial charge is 0.506 e. The number of halogens is 1.